The zero-order chi connectivity index (χ0) is 20.1. The summed E-state index contributed by atoms with van der Waals surface area (Å²) in [7, 11) is 0. The molecule has 2 aliphatic carbocycles. The molecule has 3 fully saturated rings. The lowest BCUT2D eigenvalue weighted by Gasteiger charge is -2.41. The molecule has 0 spiro atoms. The molecule has 4 rings (SSSR count). The standard InChI is InChI=1S/C26H37ClO2/c1-2-3-4-19-5-7-22(8-6-19)24-17-28-26(29-18-24)23-11-9-20(10-12-23)21-13-15-25(27)16-14-21/h2,13-16,19-20,22-24,26H,1,3-12,17-18H2. The van der Waals surface area contributed by atoms with Crippen LogP contribution in [-0.4, -0.2) is 19.5 Å². The summed E-state index contributed by atoms with van der Waals surface area (Å²) >= 11 is 6.03. The first-order valence-electron chi connectivity index (χ1n) is 11.8. The molecule has 160 valence electrons. The topological polar surface area (TPSA) is 18.5 Å². The van der Waals surface area contributed by atoms with Gasteiger partial charge in [0.15, 0.2) is 6.29 Å². The van der Waals surface area contributed by atoms with Gasteiger partial charge in [0, 0.05) is 16.9 Å². The third-order valence-electron chi connectivity index (χ3n) is 7.78. The summed E-state index contributed by atoms with van der Waals surface area (Å²) in [5.74, 6) is 3.55. The molecular formula is C26H37ClO2. The van der Waals surface area contributed by atoms with Gasteiger partial charge in [-0.15, -0.1) is 6.58 Å². The molecule has 0 radical (unpaired) electrons. The molecule has 3 heteroatoms. The van der Waals surface area contributed by atoms with Gasteiger partial charge in [-0.2, -0.15) is 0 Å². The van der Waals surface area contributed by atoms with E-state index in [9.17, 15) is 0 Å². The molecule has 1 aromatic rings. The van der Waals surface area contributed by atoms with Crippen LogP contribution in [0.15, 0.2) is 36.9 Å². The predicted octanol–water partition coefficient (Wildman–Crippen LogP) is 7.38. The first kappa shape index (κ1) is 21.4. The minimum absolute atomic E-state index is 0.0290. The maximum atomic E-state index is 6.28. The Morgan fingerprint density at radius 1 is 0.828 bits per heavy atom. The lowest BCUT2D eigenvalue weighted by atomic mass is 9.74. The molecule has 2 saturated carbocycles. The predicted molar refractivity (Wildman–Crippen MR) is 120 cm³/mol. The van der Waals surface area contributed by atoms with E-state index in [0.29, 0.717) is 17.8 Å². The maximum Gasteiger partial charge on any atom is 0.160 e. The van der Waals surface area contributed by atoms with Crippen molar-refractivity contribution in [3.05, 3.63) is 47.5 Å². The molecule has 0 amide bonds. The zero-order valence-electron chi connectivity index (χ0n) is 17.7. The van der Waals surface area contributed by atoms with Gasteiger partial charge in [-0.05, 0) is 86.8 Å². The molecule has 0 atom stereocenters. The van der Waals surface area contributed by atoms with Crippen molar-refractivity contribution in [2.75, 3.05) is 13.2 Å². The Labute approximate surface area is 182 Å². The fourth-order valence-electron chi connectivity index (χ4n) is 5.84. The highest BCUT2D eigenvalue weighted by Crippen LogP contribution is 2.41. The summed E-state index contributed by atoms with van der Waals surface area (Å²) < 4.78 is 12.6. The molecule has 2 nitrogen and oxygen atoms in total. The molecule has 1 heterocycles. The van der Waals surface area contributed by atoms with Crippen molar-refractivity contribution < 1.29 is 9.47 Å². The van der Waals surface area contributed by atoms with Crippen LogP contribution in [0.1, 0.15) is 75.7 Å². The minimum atomic E-state index is 0.0290. The highest BCUT2D eigenvalue weighted by Gasteiger charge is 2.36. The van der Waals surface area contributed by atoms with Gasteiger partial charge in [-0.3, -0.25) is 0 Å². The second-order valence-corrected chi connectivity index (χ2v) is 10.0. The Balaban J connectivity index is 1.18. The molecule has 0 unspecified atom stereocenters. The quantitative estimate of drug-likeness (QED) is 0.450. The number of allylic oxidation sites excluding steroid dienone is 1. The van der Waals surface area contributed by atoms with Crippen molar-refractivity contribution in [3.8, 4) is 0 Å². The Morgan fingerprint density at radius 2 is 1.45 bits per heavy atom. The van der Waals surface area contributed by atoms with E-state index in [4.69, 9.17) is 21.1 Å². The van der Waals surface area contributed by atoms with Gasteiger partial charge in [0.2, 0.25) is 0 Å². The SMILES string of the molecule is C=CCCC1CCC(C2COC(C3CCC(c4ccc(Cl)cc4)CC3)OC2)CC1. The van der Waals surface area contributed by atoms with E-state index in [1.54, 1.807) is 0 Å². The van der Waals surface area contributed by atoms with Crippen LogP contribution in [0.3, 0.4) is 0 Å². The van der Waals surface area contributed by atoms with E-state index in [-0.39, 0.29) is 6.29 Å². The summed E-state index contributed by atoms with van der Waals surface area (Å²) in [6.07, 6.45) is 14.9. The summed E-state index contributed by atoms with van der Waals surface area (Å²) in [4.78, 5) is 0. The average Bonchev–Trinajstić information content (AvgIpc) is 2.79. The summed E-state index contributed by atoms with van der Waals surface area (Å²) in [6.45, 7) is 5.68. The van der Waals surface area contributed by atoms with Gasteiger partial charge in [0.05, 0.1) is 13.2 Å². The van der Waals surface area contributed by atoms with Gasteiger partial charge in [-0.1, -0.05) is 42.7 Å². The number of rotatable bonds is 6. The van der Waals surface area contributed by atoms with Crippen LogP contribution in [0.25, 0.3) is 0 Å². The van der Waals surface area contributed by atoms with Crippen molar-refractivity contribution >= 4 is 11.6 Å². The summed E-state index contributed by atoms with van der Waals surface area (Å²) in [5, 5.41) is 0.825. The van der Waals surface area contributed by atoms with Gasteiger partial charge in [0.25, 0.3) is 0 Å². The van der Waals surface area contributed by atoms with Gasteiger partial charge in [-0.25, -0.2) is 0 Å². The van der Waals surface area contributed by atoms with Gasteiger partial charge < -0.3 is 9.47 Å². The van der Waals surface area contributed by atoms with E-state index < -0.39 is 0 Å². The monoisotopic (exact) mass is 416 g/mol. The lowest BCUT2D eigenvalue weighted by Crippen LogP contribution is -2.41. The Kier molecular flexibility index (Phi) is 7.72. The van der Waals surface area contributed by atoms with Crippen LogP contribution >= 0.6 is 11.6 Å². The van der Waals surface area contributed by atoms with E-state index in [1.165, 1.54) is 69.8 Å². The molecule has 0 N–H and O–H groups in total. The van der Waals surface area contributed by atoms with E-state index in [2.05, 4.69) is 24.8 Å². The zero-order valence-corrected chi connectivity index (χ0v) is 18.5. The summed E-state index contributed by atoms with van der Waals surface area (Å²) in [5.41, 5.74) is 1.43. The molecule has 1 aromatic carbocycles. The third-order valence-corrected chi connectivity index (χ3v) is 8.04. The number of halogens is 1. The fourth-order valence-corrected chi connectivity index (χ4v) is 5.96. The van der Waals surface area contributed by atoms with Crippen LogP contribution in [0.2, 0.25) is 5.02 Å². The van der Waals surface area contributed by atoms with Crippen molar-refractivity contribution in [1.82, 2.24) is 0 Å². The number of ether oxygens (including phenoxy) is 2. The second kappa shape index (κ2) is 10.5. The Morgan fingerprint density at radius 3 is 2.07 bits per heavy atom. The van der Waals surface area contributed by atoms with Crippen LogP contribution in [0.5, 0.6) is 0 Å². The number of hydrogen-bond donors (Lipinski definition) is 0. The van der Waals surface area contributed by atoms with Crippen molar-refractivity contribution in [1.29, 1.82) is 0 Å². The third kappa shape index (κ3) is 5.66. The molecule has 29 heavy (non-hydrogen) atoms. The molecule has 0 bridgehead atoms. The largest absolute Gasteiger partial charge is 0.352 e. The summed E-state index contributed by atoms with van der Waals surface area (Å²) in [6, 6.07) is 8.42. The van der Waals surface area contributed by atoms with Crippen LogP contribution in [0.4, 0.5) is 0 Å². The first-order chi connectivity index (χ1) is 14.2. The molecule has 3 aliphatic rings. The van der Waals surface area contributed by atoms with E-state index in [0.717, 1.165) is 30.1 Å². The van der Waals surface area contributed by atoms with Gasteiger partial charge in [0.1, 0.15) is 0 Å². The van der Waals surface area contributed by atoms with Gasteiger partial charge >= 0.3 is 0 Å². The van der Waals surface area contributed by atoms with Crippen molar-refractivity contribution in [2.24, 2.45) is 23.7 Å². The van der Waals surface area contributed by atoms with Crippen molar-refractivity contribution in [2.45, 2.75) is 76.4 Å². The van der Waals surface area contributed by atoms with E-state index >= 15 is 0 Å². The lowest BCUT2D eigenvalue weighted by molar-refractivity contribution is -0.236. The van der Waals surface area contributed by atoms with Crippen LogP contribution < -0.4 is 0 Å². The van der Waals surface area contributed by atoms with E-state index in [1.807, 2.05) is 12.1 Å². The Bertz CT molecular complexity index is 619. The highest BCUT2D eigenvalue weighted by molar-refractivity contribution is 6.30. The molecular weight excluding hydrogens is 380 g/mol. The van der Waals surface area contributed by atoms with Crippen LogP contribution in [0, 0.1) is 23.7 Å². The maximum absolute atomic E-state index is 6.28. The van der Waals surface area contributed by atoms with Crippen molar-refractivity contribution in [3.63, 3.8) is 0 Å². The molecule has 1 saturated heterocycles. The smallest absolute Gasteiger partial charge is 0.160 e. The average molecular weight is 417 g/mol. The highest BCUT2D eigenvalue weighted by atomic mass is 35.5. The molecule has 1 aliphatic heterocycles. The second-order valence-electron chi connectivity index (χ2n) is 9.61. The molecule has 0 aromatic heterocycles. The van der Waals surface area contributed by atoms with Crippen LogP contribution in [-0.2, 0) is 9.47 Å². The number of hydrogen-bond acceptors (Lipinski definition) is 2. The first-order valence-corrected chi connectivity index (χ1v) is 12.2. The fraction of sp³-hybridized carbons (Fsp3) is 0.692. The minimum Gasteiger partial charge on any atom is -0.352 e. The number of benzene rings is 1. The normalized spacial score (nSPS) is 35.9. The Hall–Kier alpha value is -0.830.